The van der Waals surface area contributed by atoms with Crippen LogP contribution in [0.3, 0.4) is 0 Å². The summed E-state index contributed by atoms with van der Waals surface area (Å²) in [5.74, 6) is -0.124. The van der Waals surface area contributed by atoms with Crippen LogP contribution < -0.4 is 25.7 Å². The normalized spacial score (nSPS) is 24.3. The van der Waals surface area contributed by atoms with Gasteiger partial charge in [-0.05, 0) is 45.1 Å². The van der Waals surface area contributed by atoms with Gasteiger partial charge in [0.15, 0.2) is 5.78 Å². The number of ether oxygens (including phenoxy) is 1. The molecule has 5 heterocycles. The predicted octanol–water partition coefficient (Wildman–Crippen LogP) is 3.90. The van der Waals surface area contributed by atoms with Gasteiger partial charge in [-0.15, -0.1) is 33.5 Å². The fourth-order valence-corrected chi connectivity index (χ4v) is 6.23. The third-order valence-corrected chi connectivity index (χ3v) is 8.39. The van der Waals surface area contributed by atoms with E-state index in [0.717, 1.165) is 85.5 Å². The minimum absolute atomic E-state index is 0. The molecule has 2 atom stereocenters. The summed E-state index contributed by atoms with van der Waals surface area (Å²) in [6.07, 6.45) is 9.65. The molecule has 196 valence electrons. The van der Waals surface area contributed by atoms with Crippen molar-refractivity contribution in [3.8, 4) is 0 Å². The average molecular weight is 529 g/mol. The Morgan fingerprint density at radius 2 is 1.72 bits per heavy atom. The quantitative estimate of drug-likeness (QED) is 0.480. The van der Waals surface area contributed by atoms with E-state index in [2.05, 4.69) is 46.4 Å². The largest absolute Gasteiger partial charge is 2.00 e. The summed E-state index contributed by atoms with van der Waals surface area (Å²) in [4.78, 5) is 28.8. The summed E-state index contributed by atoms with van der Waals surface area (Å²) < 4.78 is 5.51. The van der Waals surface area contributed by atoms with Crippen LogP contribution in [0.2, 0.25) is 0 Å². The Balaban J connectivity index is 0.00000308. The molecule has 0 amide bonds. The van der Waals surface area contributed by atoms with E-state index < -0.39 is 0 Å². The molecule has 0 unspecified atom stereocenters. The van der Waals surface area contributed by atoms with E-state index >= 15 is 0 Å². The SMILES string of the molecule is C=Cc1c2[n-]c(c1C)/C=C1\[N-]/C(=C3\c4[n-]c(c(C)c4C(=O)[C@@H]3COC)/C=c3\[n-]/c(c(C)c3CC)=C\2)C[C@@H]1C.[Mg+2]. The molecule has 2 aliphatic heterocycles. The van der Waals surface area contributed by atoms with E-state index in [1.165, 1.54) is 5.56 Å². The van der Waals surface area contributed by atoms with Crippen LogP contribution in [0.15, 0.2) is 18.0 Å². The molecule has 6 rings (SSSR count). The summed E-state index contributed by atoms with van der Waals surface area (Å²) in [7, 11) is 1.64. The van der Waals surface area contributed by atoms with Crippen molar-refractivity contribution < 1.29 is 9.53 Å². The second kappa shape index (κ2) is 10.2. The fourth-order valence-electron chi connectivity index (χ4n) is 6.23. The fraction of sp³-hybridized carbons (Fsp3) is 0.344. The average Bonchev–Trinajstić information content (AvgIpc) is 3.63. The smallest absolute Gasteiger partial charge is 0.664 e. The molecule has 0 aromatic carbocycles. The summed E-state index contributed by atoms with van der Waals surface area (Å²) >= 11 is 0. The van der Waals surface area contributed by atoms with Crippen LogP contribution in [0.1, 0.15) is 81.2 Å². The Hall–Kier alpha value is -3.00. The minimum atomic E-state index is -0.390. The van der Waals surface area contributed by atoms with Crippen LogP contribution >= 0.6 is 0 Å². The van der Waals surface area contributed by atoms with Gasteiger partial charge in [-0.25, -0.2) is 0 Å². The van der Waals surface area contributed by atoms with Gasteiger partial charge < -0.3 is 25.0 Å². The van der Waals surface area contributed by atoms with Gasteiger partial charge in [0.1, 0.15) is 0 Å². The molecule has 3 aromatic heterocycles. The van der Waals surface area contributed by atoms with Crippen molar-refractivity contribution in [2.45, 2.75) is 47.5 Å². The summed E-state index contributed by atoms with van der Waals surface area (Å²) in [6, 6.07) is 0. The van der Waals surface area contributed by atoms with Crippen molar-refractivity contribution >= 4 is 58.7 Å². The molecule has 7 heteroatoms. The van der Waals surface area contributed by atoms with Crippen molar-refractivity contribution in [3.63, 3.8) is 0 Å². The van der Waals surface area contributed by atoms with Crippen molar-refractivity contribution in [3.05, 3.63) is 90.1 Å². The summed E-state index contributed by atoms with van der Waals surface area (Å²) in [6.45, 7) is 14.9. The molecule has 0 radical (unpaired) electrons. The number of allylic oxidation sites excluding steroid dienone is 2. The van der Waals surface area contributed by atoms with Gasteiger partial charge >= 0.3 is 23.1 Å². The van der Waals surface area contributed by atoms with Crippen LogP contribution in [-0.2, 0) is 11.2 Å². The van der Waals surface area contributed by atoms with E-state index in [0.29, 0.717) is 12.2 Å². The number of fused-ring (bicyclic) bond motifs is 7. The van der Waals surface area contributed by atoms with Crippen molar-refractivity contribution in [2.75, 3.05) is 13.7 Å². The first-order valence-electron chi connectivity index (χ1n) is 13.3. The Morgan fingerprint density at radius 3 is 2.41 bits per heavy atom. The third kappa shape index (κ3) is 4.13. The monoisotopic (exact) mass is 528 g/mol. The molecule has 3 aliphatic rings. The molecule has 3 aromatic rings. The zero-order valence-corrected chi connectivity index (χ0v) is 25.0. The number of aromatic nitrogens is 3. The van der Waals surface area contributed by atoms with E-state index in [1.807, 2.05) is 19.1 Å². The third-order valence-electron chi connectivity index (χ3n) is 8.39. The number of carbonyl (C=O) groups excluding carboxylic acids is 1. The topological polar surface area (TPSA) is 82.7 Å². The second-order valence-corrected chi connectivity index (χ2v) is 10.6. The van der Waals surface area contributed by atoms with E-state index in [1.54, 1.807) is 7.11 Å². The molecule has 39 heavy (non-hydrogen) atoms. The Labute approximate surface area is 245 Å². The summed E-state index contributed by atoms with van der Waals surface area (Å²) in [5, 5.41) is 6.88. The number of rotatable bonds is 4. The molecule has 1 aliphatic carbocycles. The van der Waals surface area contributed by atoms with Crippen LogP contribution in [0.4, 0.5) is 0 Å². The van der Waals surface area contributed by atoms with Gasteiger partial charge in [0.2, 0.25) is 0 Å². The number of hydrogen-bond acceptors (Lipinski definition) is 2. The number of nitrogens with zero attached hydrogens (tertiary/aromatic N) is 4. The van der Waals surface area contributed by atoms with E-state index in [9.17, 15) is 4.79 Å². The van der Waals surface area contributed by atoms with E-state index in [-0.39, 0.29) is 40.7 Å². The molecule has 1 saturated heterocycles. The standard InChI is InChI=1S/C32H33N4O2.Mg/c1-8-19-16(4)23-11-22-15(3)10-28(33-22)30-21(14-38-7)32(37)29-18(6)25(36-31(29)30)13-27-20(9-2)17(5)24(35-27)12-26(19)34-23;/h8,11-13,15,21H,1,9-10,14H2,2-7H3,(H-,33,36,37);/q-3;+2/p-1/b22-11-,24-12-,27-13-;/t15-,21+;/m0./s1. The van der Waals surface area contributed by atoms with Crippen molar-refractivity contribution in [2.24, 2.45) is 11.8 Å². The van der Waals surface area contributed by atoms with Gasteiger partial charge in [0, 0.05) is 12.7 Å². The zero-order chi connectivity index (χ0) is 26.9. The number of ketones is 1. The molecule has 6 nitrogen and oxygen atoms in total. The Bertz CT molecular complexity index is 1710. The van der Waals surface area contributed by atoms with Gasteiger partial charge in [0.25, 0.3) is 0 Å². The minimum Gasteiger partial charge on any atom is -0.664 e. The molecular formula is C32H32MgN4O2-2. The maximum atomic E-state index is 13.7. The zero-order valence-electron chi connectivity index (χ0n) is 23.6. The summed E-state index contributed by atoms with van der Waals surface area (Å²) in [5.41, 5.74) is 12.1. The maximum Gasteiger partial charge on any atom is 2.00 e. The van der Waals surface area contributed by atoms with Crippen molar-refractivity contribution in [1.82, 2.24) is 15.0 Å². The van der Waals surface area contributed by atoms with Gasteiger partial charge in [-0.2, -0.15) is 11.4 Å². The molecule has 8 bridgehead atoms. The first-order chi connectivity index (χ1) is 18.3. The number of hydrogen-bond donors (Lipinski definition) is 0. The molecule has 1 fully saturated rings. The predicted molar refractivity (Wildman–Crippen MR) is 157 cm³/mol. The molecule has 0 N–H and O–H groups in total. The number of carbonyl (C=O) groups is 1. The first-order valence-corrected chi connectivity index (χ1v) is 13.3. The van der Waals surface area contributed by atoms with Crippen molar-refractivity contribution in [1.29, 1.82) is 0 Å². The Kier molecular flexibility index (Phi) is 7.20. The number of methoxy groups -OCH3 is 1. The van der Waals surface area contributed by atoms with Crippen LogP contribution in [0, 0.1) is 32.6 Å². The first kappa shape index (κ1) is 27.6. The van der Waals surface area contributed by atoms with Gasteiger partial charge in [0.05, 0.1) is 12.5 Å². The molecule has 0 saturated carbocycles. The van der Waals surface area contributed by atoms with Gasteiger partial charge in [-0.3, -0.25) is 4.79 Å². The van der Waals surface area contributed by atoms with Crippen LogP contribution in [0.5, 0.6) is 0 Å². The Morgan fingerprint density at radius 1 is 1.00 bits per heavy atom. The molecular weight excluding hydrogens is 497 g/mol. The second-order valence-electron chi connectivity index (χ2n) is 10.6. The maximum absolute atomic E-state index is 13.7. The van der Waals surface area contributed by atoms with Crippen LogP contribution in [0.25, 0.3) is 35.2 Å². The number of Topliss-reactive ketones (excluding diaryl/α,β-unsaturated/α-hetero) is 1. The van der Waals surface area contributed by atoms with Gasteiger partial charge in [-0.1, -0.05) is 72.6 Å². The molecule has 0 spiro atoms. The van der Waals surface area contributed by atoms with E-state index in [4.69, 9.17) is 25.0 Å². The van der Waals surface area contributed by atoms with Crippen LogP contribution in [-0.4, -0.2) is 42.6 Å².